The lowest BCUT2D eigenvalue weighted by Gasteiger charge is -2.39. The molecule has 9 heavy (non-hydrogen) atoms. The first-order valence-corrected chi connectivity index (χ1v) is 2.88. The average molecular weight is 167 g/mol. The van der Waals surface area contributed by atoms with Crippen LogP contribution in [0, 0.1) is 10.4 Å². The summed E-state index contributed by atoms with van der Waals surface area (Å²) in [5.74, 6) is 0. The predicted octanol–water partition coefficient (Wildman–Crippen LogP) is 1.91. The second-order valence-electron chi connectivity index (χ2n) is 1.32. The van der Waals surface area contributed by atoms with E-state index in [1.165, 1.54) is 11.5 Å². The molecule has 1 aliphatic rings. The molecular weight excluding hydrogens is 162 g/mol. The van der Waals surface area contributed by atoms with Crippen molar-refractivity contribution in [1.29, 1.82) is 0 Å². The van der Waals surface area contributed by atoms with E-state index >= 15 is 0 Å². The van der Waals surface area contributed by atoms with Crippen LogP contribution in [0.1, 0.15) is 0 Å². The van der Waals surface area contributed by atoms with Crippen molar-refractivity contribution in [2.45, 2.75) is 0 Å². The van der Waals surface area contributed by atoms with Gasteiger partial charge in [-0.1, -0.05) is 0 Å². The molecule has 0 aromatic rings. The normalized spacial score (nSPS) is 21.1. The highest BCUT2D eigenvalue weighted by atomic mass is 35.5. The van der Waals surface area contributed by atoms with Crippen molar-refractivity contribution in [2.75, 3.05) is 0 Å². The van der Waals surface area contributed by atoms with Crippen LogP contribution in [0.15, 0.2) is 23.8 Å². The molecule has 0 amide bonds. The molecule has 0 bridgehead atoms. The Morgan fingerprint density at radius 3 is 2.11 bits per heavy atom. The zero-order valence-electron chi connectivity index (χ0n) is 4.39. The van der Waals surface area contributed by atoms with Gasteiger partial charge in [-0.05, 0) is 12.2 Å². The fourth-order valence-electron chi connectivity index (χ4n) is 0.356. The van der Waals surface area contributed by atoms with Gasteiger partial charge in [-0.15, -0.1) is 12.4 Å². The first-order chi connectivity index (χ1) is 3.71. The Labute approximate surface area is 63.3 Å². The highest BCUT2D eigenvalue weighted by Gasteiger charge is 2.00. The Kier molecular flexibility index (Phi) is 3.24. The van der Waals surface area contributed by atoms with Crippen LogP contribution in [-0.2, 0) is 0 Å². The van der Waals surface area contributed by atoms with Gasteiger partial charge in [-0.2, -0.15) is 0 Å². The zero-order valence-corrected chi connectivity index (χ0v) is 6.02. The molecule has 0 N–H and O–H groups in total. The SMILES string of the molecule is Cl.[O-][N+]1([O-])C=CC=CS1. The molecule has 3 nitrogen and oxygen atoms in total. The van der Waals surface area contributed by atoms with Gasteiger partial charge >= 0.3 is 0 Å². The Morgan fingerprint density at radius 1 is 1.22 bits per heavy atom. The van der Waals surface area contributed by atoms with Crippen molar-refractivity contribution in [2.24, 2.45) is 0 Å². The Hall–Kier alpha value is -0.000000000000000111. The monoisotopic (exact) mass is 166 g/mol. The number of halogens is 1. The summed E-state index contributed by atoms with van der Waals surface area (Å²) in [5.41, 5.74) is 0. The van der Waals surface area contributed by atoms with Crippen LogP contribution >= 0.6 is 24.4 Å². The van der Waals surface area contributed by atoms with Gasteiger partial charge in [0.15, 0.2) is 0 Å². The Morgan fingerprint density at radius 2 is 1.89 bits per heavy atom. The van der Waals surface area contributed by atoms with Gasteiger partial charge in [0.1, 0.15) is 18.1 Å². The minimum absolute atomic E-state index is 0. The fraction of sp³-hybridized carbons (Fsp3) is 0. The van der Waals surface area contributed by atoms with E-state index in [1.807, 2.05) is 0 Å². The maximum Gasteiger partial charge on any atom is 0.110 e. The predicted molar refractivity (Wildman–Crippen MR) is 40.1 cm³/mol. The van der Waals surface area contributed by atoms with Crippen molar-refractivity contribution in [3.63, 3.8) is 0 Å². The van der Waals surface area contributed by atoms with Crippen molar-refractivity contribution in [1.82, 2.24) is 0 Å². The van der Waals surface area contributed by atoms with Crippen LogP contribution in [0.2, 0.25) is 0 Å². The average Bonchev–Trinajstić information content (AvgIpc) is 1.65. The van der Waals surface area contributed by atoms with Gasteiger partial charge in [0.25, 0.3) is 0 Å². The molecule has 0 aromatic heterocycles. The Balaban J connectivity index is 0.000000640. The summed E-state index contributed by atoms with van der Waals surface area (Å²) in [5, 5.41) is 22.1. The van der Waals surface area contributed by atoms with Gasteiger partial charge in [0.05, 0.1) is 0 Å². The van der Waals surface area contributed by atoms with E-state index in [1.54, 1.807) is 6.08 Å². The number of nitrogens with zero attached hydrogens (tertiary/aromatic N) is 1. The lowest BCUT2D eigenvalue weighted by molar-refractivity contribution is -0.617. The minimum Gasteiger partial charge on any atom is -0.614 e. The Bertz CT molecular complexity index is 146. The van der Waals surface area contributed by atoms with Crippen LogP contribution in [-0.4, -0.2) is 4.21 Å². The molecule has 0 fully saturated rings. The van der Waals surface area contributed by atoms with E-state index in [0.29, 0.717) is 11.9 Å². The maximum atomic E-state index is 10.3. The van der Waals surface area contributed by atoms with E-state index in [2.05, 4.69) is 0 Å². The maximum absolute atomic E-state index is 10.3. The van der Waals surface area contributed by atoms with Crippen molar-refractivity contribution in [3.8, 4) is 0 Å². The summed E-state index contributed by atoms with van der Waals surface area (Å²) in [6, 6.07) is 0. The molecule has 1 heterocycles. The second-order valence-corrected chi connectivity index (χ2v) is 2.31. The number of rotatable bonds is 0. The molecule has 1 aliphatic heterocycles. The second kappa shape index (κ2) is 3.24. The number of quaternary nitrogens is 1. The first-order valence-electron chi connectivity index (χ1n) is 2.04. The molecule has 0 aliphatic carbocycles. The largest absolute Gasteiger partial charge is 0.614 e. The van der Waals surface area contributed by atoms with Crippen LogP contribution in [0.25, 0.3) is 0 Å². The van der Waals surface area contributed by atoms with E-state index in [4.69, 9.17) is 0 Å². The molecule has 0 spiro atoms. The van der Waals surface area contributed by atoms with Gasteiger partial charge in [0, 0.05) is 5.41 Å². The summed E-state index contributed by atoms with van der Waals surface area (Å²) in [6.07, 6.45) is 4.12. The minimum atomic E-state index is -1.60. The lowest BCUT2D eigenvalue weighted by Crippen LogP contribution is -2.18. The van der Waals surface area contributed by atoms with Crippen LogP contribution in [0.3, 0.4) is 0 Å². The summed E-state index contributed by atoms with van der Waals surface area (Å²) in [6.45, 7) is 0. The van der Waals surface area contributed by atoms with Gasteiger partial charge in [-0.25, -0.2) is 0 Å². The van der Waals surface area contributed by atoms with Crippen LogP contribution in [0.5, 0.6) is 0 Å². The standard InChI is InChI=1S/C4H4NO2S.ClH/c6-5(7)3-1-2-4-8-5;/h1-4H;1H/q-1;. The van der Waals surface area contributed by atoms with Gasteiger partial charge in [0.2, 0.25) is 0 Å². The van der Waals surface area contributed by atoms with E-state index < -0.39 is 4.21 Å². The third kappa shape index (κ3) is 2.88. The molecule has 1 rings (SSSR count). The molecule has 0 unspecified atom stereocenters. The summed E-state index contributed by atoms with van der Waals surface area (Å²) in [7, 11) is 0. The number of hydrogen-bond donors (Lipinski definition) is 0. The number of hydrogen-bond acceptors (Lipinski definition) is 3. The van der Waals surface area contributed by atoms with Crippen molar-refractivity contribution in [3.05, 3.63) is 34.2 Å². The fourth-order valence-corrected chi connectivity index (χ4v) is 0.827. The van der Waals surface area contributed by atoms with Crippen LogP contribution in [0.4, 0.5) is 0 Å². The molecule has 0 radical (unpaired) electrons. The molecule has 0 aromatic carbocycles. The van der Waals surface area contributed by atoms with E-state index in [-0.39, 0.29) is 12.4 Å². The topological polar surface area (TPSA) is 46.1 Å². The molecule has 0 atom stereocenters. The smallest absolute Gasteiger partial charge is 0.110 e. The number of hydroxylamine groups is 2. The quantitative estimate of drug-likeness (QED) is 0.314. The van der Waals surface area contributed by atoms with E-state index in [0.717, 1.165) is 6.20 Å². The molecule has 5 heteroatoms. The third-order valence-corrected chi connectivity index (χ3v) is 1.36. The highest BCUT2D eigenvalue weighted by Crippen LogP contribution is 2.23. The summed E-state index contributed by atoms with van der Waals surface area (Å²) >= 11 is 0.679. The van der Waals surface area contributed by atoms with E-state index in [9.17, 15) is 10.4 Å². The molecule has 0 saturated carbocycles. The van der Waals surface area contributed by atoms with Crippen molar-refractivity contribution >= 4 is 24.4 Å². The van der Waals surface area contributed by atoms with Gasteiger partial charge < -0.3 is 14.6 Å². The summed E-state index contributed by atoms with van der Waals surface area (Å²) in [4.78, 5) is 0. The number of allylic oxidation sites excluding steroid dienone is 2. The third-order valence-electron chi connectivity index (χ3n) is 0.666. The molecule has 0 saturated heterocycles. The van der Waals surface area contributed by atoms with Crippen molar-refractivity contribution < 1.29 is 4.21 Å². The molecular formula is C4H5ClNO2S-. The van der Waals surface area contributed by atoms with Crippen LogP contribution < -0.4 is 0 Å². The lowest BCUT2D eigenvalue weighted by atomic mass is 10.6. The highest BCUT2D eigenvalue weighted by molar-refractivity contribution is 7.96. The summed E-state index contributed by atoms with van der Waals surface area (Å²) < 4.78 is -1.60. The van der Waals surface area contributed by atoms with Gasteiger partial charge in [-0.3, -0.25) is 0 Å². The molecule has 52 valence electrons. The zero-order chi connectivity index (χ0) is 6.04. The first kappa shape index (κ1) is 9.00.